The van der Waals surface area contributed by atoms with Gasteiger partial charge in [-0.1, -0.05) is 17.7 Å². The zero-order chi connectivity index (χ0) is 14.0. The van der Waals surface area contributed by atoms with E-state index >= 15 is 0 Å². The third kappa shape index (κ3) is 3.70. The summed E-state index contributed by atoms with van der Waals surface area (Å²) < 4.78 is 27.8. The lowest BCUT2D eigenvalue weighted by Crippen LogP contribution is -2.40. The Morgan fingerprint density at radius 1 is 1.26 bits per heavy atom. The fourth-order valence-corrected chi connectivity index (χ4v) is 4.75. The standard InChI is InChI=1S/C12H16BrClN2O2S/c13-12-10(14)2-1-3-11(12)19(17,18)16-9-6-4-8(15)5-7-9/h1-3,8-9,16H,4-7,15H2. The Balaban J connectivity index is 2.16. The highest BCUT2D eigenvalue weighted by Crippen LogP contribution is 2.30. The number of benzene rings is 1. The molecule has 0 spiro atoms. The molecule has 0 unspecified atom stereocenters. The van der Waals surface area contributed by atoms with Crippen molar-refractivity contribution in [3.05, 3.63) is 27.7 Å². The molecule has 7 heteroatoms. The van der Waals surface area contributed by atoms with Crippen LogP contribution in [0, 0.1) is 0 Å². The summed E-state index contributed by atoms with van der Waals surface area (Å²) in [6, 6.07) is 4.95. The molecular weight excluding hydrogens is 352 g/mol. The number of hydrogen-bond acceptors (Lipinski definition) is 3. The van der Waals surface area contributed by atoms with Crippen molar-refractivity contribution in [1.82, 2.24) is 4.72 Å². The maximum Gasteiger partial charge on any atom is 0.241 e. The first-order valence-corrected chi connectivity index (χ1v) is 8.77. The second-order valence-corrected chi connectivity index (χ2v) is 7.67. The summed E-state index contributed by atoms with van der Waals surface area (Å²) >= 11 is 9.15. The number of nitrogens with one attached hydrogen (secondary N) is 1. The van der Waals surface area contributed by atoms with Crippen LogP contribution in [0.15, 0.2) is 27.6 Å². The molecule has 19 heavy (non-hydrogen) atoms. The minimum atomic E-state index is -3.55. The summed E-state index contributed by atoms with van der Waals surface area (Å²) in [5.41, 5.74) is 5.81. The van der Waals surface area contributed by atoms with Gasteiger partial charge in [0.2, 0.25) is 10.0 Å². The number of nitrogens with two attached hydrogens (primary N) is 1. The largest absolute Gasteiger partial charge is 0.328 e. The highest BCUT2D eigenvalue weighted by Gasteiger charge is 2.26. The van der Waals surface area contributed by atoms with E-state index < -0.39 is 10.0 Å². The van der Waals surface area contributed by atoms with Gasteiger partial charge in [0.15, 0.2) is 0 Å². The average molecular weight is 368 g/mol. The molecule has 0 heterocycles. The number of halogens is 2. The first-order chi connectivity index (χ1) is 8.90. The number of sulfonamides is 1. The van der Waals surface area contributed by atoms with E-state index in [1.54, 1.807) is 12.1 Å². The van der Waals surface area contributed by atoms with Gasteiger partial charge in [-0.2, -0.15) is 0 Å². The van der Waals surface area contributed by atoms with Crippen LogP contribution >= 0.6 is 27.5 Å². The van der Waals surface area contributed by atoms with E-state index in [9.17, 15) is 8.42 Å². The smallest absolute Gasteiger partial charge is 0.241 e. The Morgan fingerprint density at radius 3 is 2.53 bits per heavy atom. The molecule has 0 bridgehead atoms. The number of hydrogen-bond donors (Lipinski definition) is 2. The summed E-state index contributed by atoms with van der Waals surface area (Å²) in [5, 5.41) is 0.383. The monoisotopic (exact) mass is 366 g/mol. The molecule has 2 rings (SSSR count). The zero-order valence-electron chi connectivity index (χ0n) is 10.3. The fraction of sp³-hybridized carbons (Fsp3) is 0.500. The Kier molecular flexibility index (Phi) is 4.89. The minimum Gasteiger partial charge on any atom is -0.328 e. The zero-order valence-corrected chi connectivity index (χ0v) is 13.4. The molecule has 106 valence electrons. The van der Waals surface area contributed by atoms with Crippen LogP contribution < -0.4 is 10.5 Å². The quantitative estimate of drug-likeness (QED) is 0.862. The van der Waals surface area contributed by atoms with Crippen LogP contribution in [0.4, 0.5) is 0 Å². The van der Waals surface area contributed by atoms with Gasteiger partial charge < -0.3 is 5.73 Å². The van der Waals surface area contributed by atoms with Crippen molar-refractivity contribution < 1.29 is 8.42 Å². The Labute approximate surface area is 126 Å². The molecule has 3 N–H and O–H groups in total. The van der Waals surface area contributed by atoms with Crippen molar-refractivity contribution in [2.45, 2.75) is 42.7 Å². The van der Waals surface area contributed by atoms with Crippen molar-refractivity contribution in [2.75, 3.05) is 0 Å². The molecule has 0 saturated heterocycles. The molecule has 1 aromatic carbocycles. The maximum atomic E-state index is 12.3. The lowest BCUT2D eigenvalue weighted by atomic mass is 9.93. The predicted molar refractivity (Wildman–Crippen MR) is 79.7 cm³/mol. The minimum absolute atomic E-state index is 0.0457. The first-order valence-electron chi connectivity index (χ1n) is 6.12. The van der Waals surface area contributed by atoms with E-state index in [0.717, 1.165) is 25.7 Å². The summed E-state index contributed by atoms with van der Waals surface area (Å²) in [4.78, 5) is 0.176. The molecule has 1 saturated carbocycles. The molecule has 4 nitrogen and oxygen atoms in total. The first kappa shape index (κ1) is 15.3. The van der Waals surface area contributed by atoms with Gasteiger partial charge in [0.25, 0.3) is 0 Å². The highest BCUT2D eigenvalue weighted by atomic mass is 79.9. The Bertz CT molecular complexity index is 557. The molecule has 0 aromatic heterocycles. The summed E-state index contributed by atoms with van der Waals surface area (Å²) in [6.07, 6.45) is 3.25. The van der Waals surface area contributed by atoms with E-state index in [1.165, 1.54) is 6.07 Å². The van der Waals surface area contributed by atoms with E-state index in [4.69, 9.17) is 17.3 Å². The van der Waals surface area contributed by atoms with Crippen LogP contribution in [-0.2, 0) is 10.0 Å². The normalized spacial score (nSPS) is 24.4. The van der Waals surface area contributed by atoms with Gasteiger partial charge in [-0.15, -0.1) is 0 Å². The van der Waals surface area contributed by atoms with Crippen LogP contribution in [0.5, 0.6) is 0 Å². The van der Waals surface area contributed by atoms with Gasteiger partial charge in [-0.3, -0.25) is 0 Å². The molecular formula is C12H16BrClN2O2S. The van der Waals surface area contributed by atoms with Crippen LogP contribution in [0.2, 0.25) is 5.02 Å². The summed E-state index contributed by atoms with van der Waals surface area (Å²) in [5.74, 6) is 0. The molecule has 0 aliphatic heterocycles. The van der Waals surface area contributed by atoms with Crippen molar-refractivity contribution in [3.8, 4) is 0 Å². The third-order valence-electron chi connectivity index (χ3n) is 3.30. The van der Waals surface area contributed by atoms with Gasteiger partial charge in [0.1, 0.15) is 0 Å². The molecule has 1 fully saturated rings. The van der Waals surface area contributed by atoms with Gasteiger partial charge >= 0.3 is 0 Å². The van der Waals surface area contributed by atoms with Gasteiger partial charge in [0.05, 0.1) is 14.4 Å². The van der Waals surface area contributed by atoms with Crippen LogP contribution in [0.3, 0.4) is 0 Å². The van der Waals surface area contributed by atoms with E-state index in [2.05, 4.69) is 20.7 Å². The molecule has 0 amide bonds. The molecule has 0 radical (unpaired) electrons. The second kappa shape index (κ2) is 6.10. The van der Waals surface area contributed by atoms with Crippen molar-refractivity contribution >= 4 is 37.6 Å². The average Bonchev–Trinajstić information content (AvgIpc) is 2.35. The van der Waals surface area contributed by atoms with E-state index in [1.807, 2.05) is 0 Å². The second-order valence-electron chi connectivity index (χ2n) is 4.78. The van der Waals surface area contributed by atoms with Crippen LogP contribution in [-0.4, -0.2) is 20.5 Å². The van der Waals surface area contributed by atoms with Crippen molar-refractivity contribution in [1.29, 1.82) is 0 Å². The predicted octanol–water partition coefficient (Wildman–Crippen LogP) is 2.65. The Morgan fingerprint density at radius 2 is 1.89 bits per heavy atom. The van der Waals surface area contributed by atoms with Gasteiger partial charge in [-0.05, 0) is 53.7 Å². The lowest BCUT2D eigenvalue weighted by Gasteiger charge is -2.26. The number of rotatable bonds is 3. The fourth-order valence-electron chi connectivity index (χ4n) is 2.21. The topological polar surface area (TPSA) is 72.2 Å². The molecule has 1 aliphatic rings. The molecule has 0 atom stereocenters. The van der Waals surface area contributed by atoms with E-state index in [0.29, 0.717) is 9.50 Å². The molecule has 1 aliphatic carbocycles. The summed E-state index contributed by atoms with van der Waals surface area (Å²) in [6.45, 7) is 0. The highest BCUT2D eigenvalue weighted by molar-refractivity contribution is 9.10. The van der Waals surface area contributed by atoms with Crippen LogP contribution in [0.25, 0.3) is 0 Å². The molecule has 1 aromatic rings. The van der Waals surface area contributed by atoms with Crippen molar-refractivity contribution in [2.24, 2.45) is 5.73 Å². The van der Waals surface area contributed by atoms with E-state index in [-0.39, 0.29) is 17.0 Å². The Hall–Kier alpha value is -0.140. The van der Waals surface area contributed by atoms with Gasteiger partial charge in [0, 0.05) is 12.1 Å². The van der Waals surface area contributed by atoms with Crippen molar-refractivity contribution in [3.63, 3.8) is 0 Å². The SMILES string of the molecule is NC1CCC(NS(=O)(=O)c2cccc(Cl)c2Br)CC1. The maximum absolute atomic E-state index is 12.3. The van der Waals surface area contributed by atoms with Crippen LogP contribution in [0.1, 0.15) is 25.7 Å². The van der Waals surface area contributed by atoms with Gasteiger partial charge in [-0.25, -0.2) is 13.1 Å². The lowest BCUT2D eigenvalue weighted by molar-refractivity contribution is 0.373. The third-order valence-corrected chi connectivity index (χ3v) is 6.52. The summed E-state index contributed by atoms with van der Waals surface area (Å²) in [7, 11) is -3.55.